The Morgan fingerprint density at radius 3 is 2.27 bits per heavy atom. The van der Waals surface area contributed by atoms with Crippen LogP contribution in [0.15, 0.2) is 36.4 Å². The number of esters is 1. The van der Waals surface area contributed by atoms with Crippen LogP contribution < -0.4 is 0 Å². The van der Waals surface area contributed by atoms with Gasteiger partial charge in [-0.05, 0) is 36.7 Å². The normalized spacial score (nSPS) is 13.1. The van der Waals surface area contributed by atoms with Gasteiger partial charge in [-0.2, -0.15) is 0 Å². The fraction of sp³-hybridized carbons (Fsp3) is 0.500. The molecule has 122 valence electrons. The van der Waals surface area contributed by atoms with E-state index in [9.17, 15) is 4.79 Å². The van der Waals surface area contributed by atoms with Gasteiger partial charge < -0.3 is 9.16 Å². The highest BCUT2D eigenvalue weighted by Crippen LogP contribution is 2.36. The number of rotatable bonds is 6. The molecule has 0 N–H and O–H groups in total. The van der Waals surface area contributed by atoms with Gasteiger partial charge in [0.1, 0.15) is 0 Å². The third-order valence-corrected chi connectivity index (χ3v) is 8.62. The molecule has 1 rings (SSSR count). The first-order valence-corrected chi connectivity index (χ1v) is 10.7. The first-order valence-electron chi connectivity index (χ1n) is 7.75. The molecule has 22 heavy (non-hydrogen) atoms. The van der Waals surface area contributed by atoms with E-state index in [-0.39, 0.29) is 11.0 Å². The minimum Gasteiger partial charge on any atom is -0.462 e. The molecule has 0 aliphatic heterocycles. The molecule has 0 spiro atoms. The molecule has 0 bridgehead atoms. The summed E-state index contributed by atoms with van der Waals surface area (Å²) in [7, 11) is -1.82. The Labute approximate surface area is 135 Å². The lowest BCUT2D eigenvalue weighted by atomic mass is 10.1. The van der Waals surface area contributed by atoms with E-state index in [2.05, 4.69) is 33.9 Å². The maximum absolute atomic E-state index is 12.2. The van der Waals surface area contributed by atoms with Crippen LogP contribution in [0.5, 0.6) is 0 Å². The van der Waals surface area contributed by atoms with E-state index in [1.54, 1.807) is 0 Å². The lowest BCUT2D eigenvalue weighted by Crippen LogP contribution is -2.40. The molecule has 0 saturated carbocycles. The predicted octanol–water partition coefficient (Wildman–Crippen LogP) is 4.65. The lowest BCUT2D eigenvalue weighted by molar-refractivity contribution is -0.136. The number of carbonyl (C=O) groups is 1. The third kappa shape index (κ3) is 5.11. The van der Waals surface area contributed by atoms with E-state index in [0.717, 1.165) is 5.56 Å². The van der Waals surface area contributed by atoms with Gasteiger partial charge in [-0.25, -0.2) is 4.79 Å². The van der Waals surface area contributed by atoms with Crippen molar-refractivity contribution in [3.63, 3.8) is 0 Å². The van der Waals surface area contributed by atoms with E-state index in [4.69, 9.17) is 9.16 Å². The molecule has 1 aromatic rings. The van der Waals surface area contributed by atoms with Crippen molar-refractivity contribution < 1.29 is 14.0 Å². The summed E-state index contributed by atoms with van der Waals surface area (Å²) in [6.45, 7) is 13.6. The van der Waals surface area contributed by atoms with Gasteiger partial charge >= 0.3 is 5.97 Å². The van der Waals surface area contributed by atoms with Crippen molar-refractivity contribution in [2.24, 2.45) is 0 Å². The highest BCUT2D eigenvalue weighted by molar-refractivity contribution is 6.74. The molecule has 4 heteroatoms. The molecular weight excluding hydrogens is 292 g/mol. The van der Waals surface area contributed by atoms with Crippen molar-refractivity contribution in [3.8, 4) is 0 Å². The molecule has 0 fully saturated rings. The van der Waals surface area contributed by atoms with Crippen LogP contribution in [0.4, 0.5) is 0 Å². The van der Waals surface area contributed by atoms with Crippen LogP contribution in [-0.2, 0) is 14.0 Å². The number of carbonyl (C=O) groups excluding carboxylic acids is 1. The number of ether oxygens (including phenoxy) is 1. The van der Waals surface area contributed by atoms with Gasteiger partial charge in [0.2, 0.25) is 0 Å². The summed E-state index contributed by atoms with van der Waals surface area (Å²) in [4.78, 5) is 12.2. The van der Waals surface area contributed by atoms with E-state index in [1.807, 2.05) is 43.3 Å². The van der Waals surface area contributed by atoms with E-state index in [0.29, 0.717) is 18.8 Å². The minimum absolute atomic E-state index is 0.150. The topological polar surface area (TPSA) is 35.5 Å². The Morgan fingerprint density at radius 1 is 1.18 bits per heavy atom. The Bertz CT molecular complexity index is 513. The second-order valence-corrected chi connectivity index (χ2v) is 11.6. The molecule has 0 saturated heterocycles. The van der Waals surface area contributed by atoms with Gasteiger partial charge in [-0.15, -0.1) is 0 Å². The summed E-state index contributed by atoms with van der Waals surface area (Å²) < 4.78 is 11.3. The molecule has 0 aromatic heterocycles. The lowest BCUT2D eigenvalue weighted by Gasteiger charge is -2.35. The average molecular weight is 321 g/mol. The SMILES string of the molecule is CCOC(=O)/C(=C\CO[Si](C)(C)C(C)(C)C)c1ccccc1. The second-order valence-electron chi connectivity index (χ2n) is 6.78. The van der Waals surface area contributed by atoms with Crippen LogP contribution >= 0.6 is 0 Å². The molecule has 0 unspecified atom stereocenters. The smallest absolute Gasteiger partial charge is 0.338 e. The molecule has 0 aliphatic rings. The van der Waals surface area contributed by atoms with Crippen LogP contribution in [0, 0.1) is 0 Å². The zero-order valence-corrected chi connectivity index (χ0v) is 15.6. The van der Waals surface area contributed by atoms with Crippen molar-refractivity contribution in [2.75, 3.05) is 13.2 Å². The van der Waals surface area contributed by atoms with Gasteiger partial charge in [0.05, 0.1) is 18.8 Å². The molecule has 0 heterocycles. The molecule has 3 nitrogen and oxygen atoms in total. The van der Waals surface area contributed by atoms with Crippen LogP contribution in [0.3, 0.4) is 0 Å². The summed E-state index contributed by atoms with van der Waals surface area (Å²) in [6, 6.07) is 9.58. The summed E-state index contributed by atoms with van der Waals surface area (Å²) in [5.41, 5.74) is 1.43. The van der Waals surface area contributed by atoms with Gasteiger partial charge in [-0.3, -0.25) is 0 Å². The zero-order valence-electron chi connectivity index (χ0n) is 14.6. The summed E-state index contributed by atoms with van der Waals surface area (Å²) >= 11 is 0. The van der Waals surface area contributed by atoms with Crippen molar-refractivity contribution in [2.45, 2.75) is 45.8 Å². The molecule has 1 aromatic carbocycles. The van der Waals surface area contributed by atoms with Gasteiger partial charge in [0.15, 0.2) is 8.32 Å². The van der Waals surface area contributed by atoms with Crippen molar-refractivity contribution in [3.05, 3.63) is 42.0 Å². The third-order valence-electron chi connectivity index (χ3n) is 4.12. The monoisotopic (exact) mass is 320 g/mol. The maximum Gasteiger partial charge on any atom is 0.338 e. The molecule has 0 atom stereocenters. The van der Waals surface area contributed by atoms with Crippen LogP contribution in [-0.4, -0.2) is 27.5 Å². The number of benzene rings is 1. The molecule has 0 radical (unpaired) electrons. The summed E-state index contributed by atoms with van der Waals surface area (Å²) in [5.74, 6) is -0.299. The summed E-state index contributed by atoms with van der Waals surface area (Å²) in [6.07, 6.45) is 1.84. The highest BCUT2D eigenvalue weighted by Gasteiger charge is 2.36. The second kappa shape index (κ2) is 7.74. The van der Waals surface area contributed by atoms with Crippen LogP contribution in [0.1, 0.15) is 33.3 Å². The summed E-state index contributed by atoms with van der Waals surface area (Å²) in [5, 5.41) is 0.150. The largest absolute Gasteiger partial charge is 0.462 e. The Balaban J connectivity index is 2.91. The highest BCUT2D eigenvalue weighted by atomic mass is 28.4. The van der Waals surface area contributed by atoms with Gasteiger partial charge in [0.25, 0.3) is 0 Å². The number of hydrogen-bond donors (Lipinski definition) is 0. The van der Waals surface area contributed by atoms with Gasteiger partial charge in [-0.1, -0.05) is 51.1 Å². The van der Waals surface area contributed by atoms with Crippen molar-refractivity contribution in [1.82, 2.24) is 0 Å². The van der Waals surface area contributed by atoms with Crippen molar-refractivity contribution >= 4 is 19.9 Å². The molecular formula is C18H28O3Si. The zero-order chi connectivity index (χ0) is 16.8. The van der Waals surface area contributed by atoms with E-state index < -0.39 is 8.32 Å². The minimum atomic E-state index is -1.82. The van der Waals surface area contributed by atoms with Crippen molar-refractivity contribution in [1.29, 1.82) is 0 Å². The number of hydrogen-bond acceptors (Lipinski definition) is 3. The van der Waals surface area contributed by atoms with Crippen LogP contribution in [0.25, 0.3) is 5.57 Å². The fourth-order valence-electron chi connectivity index (χ4n) is 1.70. The average Bonchev–Trinajstić information content (AvgIpc) is 2.43. The van der Waals surface area contributed by atoms with Crippen LogP contribution in [0.2, 0.25) is 18.1 Å². The molecule has 0 aliphatic carbocycles. The van der Waals surface area contributed by atoms with Gasteiger partial charge in [0, 0.05) is 0 Å². The Hall–Kier alpha value is -1.39. The quantitative estimate of drug-likeness (QED) is 0.434. The van der Waals surface area contributed by atoms with E-state index in [1.165, 1.54) is 0 Å². The van der Waals surface area contributed by atoms with E-state index >= 15 is 0 Å². The Kier molecular flexibility index (Phi) is 6.57. The molecule has 0 amide bonds. The standard InChI is InChI=1S/C18H28O3Si/c1-7-20-17(19)16(15-11-9-8-10-12-15)13-14-21-22(5,6)18(2,3)4/h8-13H,7,14H2,1-6H3/b16-13-. The maximum atomic E-state index is 12.2. The first-order chi connectivity index (χ1) is 10.2. The predicted molar refractivity (Wildman–Crippen MR) is 94.2 cm³/mol. The Morgan fingerprint density at radius 2 is 1.77 bits per heavy atom. The fourth-order valence-corrected chi connectivity index (χ4v) is 2.63. The first kappa shape index (κ1) is 18.7.